The van der Waals surface area contributed by atoms with Gasteiger partial charge in [0.05, 0.1) is 5.56 Å². The van der Waals surface area contributed by atoms with Crippen molar-refractivity contribution >= 4 is 11.7 Å². The minimum Gasteiger partial charge on any atom is -0.370 e. The van der Waals surface area contributed by atoms with Crippen LogP contribution in [0.1, 0.15) is 43.0 Å². The van der Waals surface area contributed by atoms with Crippen LogP contribution in [0.25, 0.3) is 0 Å². The monoisotopic (exact) mass is 233 g/mol. The van der Waals surface area contributed by atoms with Gasteiger partial charge in [-0.1, -0.05) is 12.8 Å². The van der Waals surface area contributed by atoms with Crippen LogP contribution in [0.2, 0.25) is 0 Å². The number of hydrogen-bond donors (Lipinski definition) is 2. The van der Waals surface area contributed by atoms with Gasteiger partial charge < -0.3 is 10.6 Å². The summed E-state index contributed by atoms with van der Waals surface area (Å²) < 4.78 is 0. The molecule has 1 heterocycles. The Bertz CT molecular complexity index is 386. The molecule has 1 aliphatic carbocycles. The van der Waals surface area contributed by atoms with Crippen molar-refractivity contribution in [2.75, 3.05) is 11.9 Å². The van der Waals surface area contributed by atoms with Gasteiger partial charge in [-0.25, -0.2) is 4.98 Å². The molecule has 0 atom stereocenters. The predicted octanol–water partition coefficient (Wildman–Crippen LogP) is 2.19. The van der Waals surface area contributed by atoms with Gasteiger partial charge in [-0.15, -0.1) is 0 Å². The van der Waals surface area contributed by atoms with Gasteiger partial charge in [0.25, 0.3) is 5.91 Å². The zero-order valence-corrected chi connectivity index (χ0v) is 10.2. The van der Waals surface area contributed by atoms with Crippen molar-refractivity contribution in [1.82, 2.24) is 10.3 Å². The Balaban J connectivity index is 2.06. The number of hydrogen-bond acceptors (Lipinski definition) is 3. The van der Waals surface area contributed by atoms with Crippen LogP contribution in [0.4, 0.5) is 5.82 Å². The Morgan fingerprint density at radius 3 is 2.94 bits per heavy atom. The Kier molecular flexibility index (Phi) is 3.96. The van der Waals surface area contributed by atoms with Gasteiger partial charge in [-0.2, -0.15) is 0 Å². The predicted molar refractivity (Wildman–Crippen MR) is 68.1 cm³/mol. The number of nitrogens with one attached hydrogen (secondary N) is 2. The van der Waals surface area contributed by atoms with Gasteiger partial charge in [-0.05, 0) is 31.9 Å². The molecular weight excluding hydrogens is 214 g/mol. The lowest BCUT2D eigenvalue weighted by molar-refractivity contribution is 0.0938. The second-order valence-electron chi connectivity index (χ2n) is 4.38. The maximum Gasteiger partial charge on any atom is 0.255 e. The Hall–Kier alpha value is -1.58. The van der Waals surface area contributed by atoms with Gasteiger partial charge >= 0.3 is 0 Å². The third kappa shape index (κ3) is 2.96. The third-order valence-electron chi connectivity index (χ3n) is 3.09. The maximum atomic E-state index is 12.1. The van der Waals surface area contributed by atoms with Crippen LogP contribution < -0.4 is 10.6 Å². The van der Waals surface area contributed by atoms with Crippen molar-refractivity contribution in [1.29, 1.82) is 0 Å². The van der Waals surface area contributed by atoms with Crippen molar-refractivity contribution < 1.29 is 4.79 Å². The van der Waals surface area contributed by atoms with Gasteiger partial charge in [0.2, 0.25) is 0 Å². The molecule has 4 heteroatoms. The lowest BCUT2D eigenvalue weighted by atomic mass is 10.2. The van der Waals surface area contributed by atoms with E-state index >= 15 is 0 Å². The number of rotatable bonds is 4. The molecule has 0 aliphatic heterocycles. The van der Waals surface area contributed by atoms with E-state index in [4.69, 9.17) is 0 Å². The molecule has 0 unspecified atom stereocenters. The highest BCUT2D eigenvalue weighted by atomic mass is 16.1. The molecule has 0 bridgehead atoms. The Morgan fingerprint density at radius 1 is 1.47 bits per heavy atom. The summed E-state index contributed by atoms with van der Waals surface area (Å²) in [7, 11) is 0. The molecule has 2 N–H and O–H groups in total. The largest absolute Gasteiger partial charge is 0.370 e. The average molecular weight is 233 g/mol. The highest BCUT2D eigenvalue weighted by Gasteiger charge is 2.19. The van der Waals surface area contributed by atoms with Crippen LogP contribution in [-0.4, -0.2) is 23.5 Å². The molecule has 17 heavy (non-hydrogen) atoms. The summed E-state index contributed by atoms with van der Waals surface area (Å²) in [4.78, 5) is 16.3. The van der Waals surface area contributed by atoms with E-state index in [1.807, 2.05) is 13.0 Å². The van der Waals surface area contributed by atoms with Gasteiger partial charge in [-0.3, -0.25) is 4.79 Å². The molecule has 0 aromatic carbocycles. The molecule has 92 valence electrons. The molecule has 1 aromatic rings. The highest BCUT2D eigenvalue weighted by Crippen LogP contribution is 2.19. The molecule has 0 saturated heterocycles. The molecule has 2 rings (SSSR count). The van der Waals surface area contributed by atoms with E-state index in [1.165, 1.54) is 12.8 Å². The molecule has 1 fully saturated rings. The van der Waals surface area contributed by atoms with Crippen molar-refractivity contribution in [3.05, 3.63) is 23.9 Å². The molecule has 1 saturated carbocycles. The third-order valence-corrected chi connectivity index (χ3v) is 3.09. The van der Waals surface area contributed by atoms with Crippen molar-refractivity contribution in [2.24, 2.45) is 0 Å². The van der Waals surface area contributed by atoms with Gasteiger partial charge in [0.1, 0.15) is 5.82 Å². The number of carbonyl (C=O) groups excluding carboxylic acids is 1. The van der Waals surface area contributed by atoms with E-state index in [0.29, 0.717) is 17.4 Å². The van der Waals surface area contributed by atoms with E-state index in [1.54, 1.807) is 12.3 Å². The number of amides is 1. The van der Waals surface area contributed by atoms with Crippen LogP contribution in [0.3, 0.4) is 0 Å². The van der Waals surface area contributed by atoms with Crippen LogP contribution >= 0.6 is 0 Å². The molecular formula is C13H19N3O. The smallest absolute Gasteiger partial charge is 0.255 e. The van der Waals surface area contributed by atoms with E-state index < -0.39 is 0 Å². The Labute approximate surface area is 102 Å². The molecule has 0 spiro atoms. The fourth-order valence-corrected chi connectivity index (χ4v) is 2.23. The SMILES string of the molecule is CCNc1ncccc1C(=O)NC1CCCC1. The normalized spacial score (nSPS) is 15.8. The number of anilines is 1. The van der Waals surface area contributed by atoms with Crippen LogP contribution in [-0.2, 0) is 0 Å². The first-order valence-corrected chi connectivity index (χ1v) is 6.31. The van der Waals surface area contributed by atoms with E-state index in [9.17, 15) is 4.79 Å². The quantitative estimate of drug-likeness (QED) is 0.838. The number of aromatic nitrogens is 1. The zero-order chi connectivity index (χ0) is 12.1. The maximum absolute atomic E-state index is 12.1. The summed E-state index contributed by atoms with van der Waals surface area (Å²) in [6, 6.07) is 3.96. The van der Waals surface area contributed by atoms with Crippen LogP contribution in [0.5, 0.6) is 0 Å². The van der Waals surface area contributed by atoms with Gasteiger partial charge in [0, 0.05) is 18.8 Å². The second-order valence-corrected chi connectivity index (χ2v) is 4.38. The first-order valence-electron chi connectivity index (χ1n) is 6.31. The fourth-order valence-electron chi connectivity index (χ4n) is 2.23. The van der Waals surface area contributed by atoms with Crippen molar-refractivity contribution in [3.8, 4) is 0 Å². The zero-order valence-electron chi connectivity index (χ0n) is 10.2. The summed E-state index contributed by atoms with van der Waals surface area (Å²) in [6.07, 6.45) is 6.34. The molecule has 0 radical (unpaired) electrons. The molecule has 1 amide bonds. The van der Waals surface area contributed by atoms with E-state index in [-0.39, 0.29) is 5.91 Å². The van der Waals surface area contributed by atoms with Crippen molar-refractivity contribution in [2.45, 2.75) is 38.6 Å². The summed E-state index contributed by atoms with van der Waals surface area (Å²) >= 11 is 0. The van der Waals surface area contributed by atoms with E-state index in [2.05, 4.69) is 15.6 Å². The number of pyridine rings is 1. The topological polar surface area (TPSA) is 54.0 Å². The molecule has 4 nitrogen and oxygen atoms in total. The lowest BCUT2D eigenvalue weighted by Crippen LogP contribution is -2.33. The van der Waals surface area contributed by atoms with Gasteiger partial charge in [0.15, 0.2) is 0 Å². The number of carbonyl (C=O) groups is 1. The number of nitrogens with zero attached hydrogens (tertiary/aromatic N) is 1. The van der Waals surface area contributed by atoms with Crippen LogP contribution in [0, 0.1) is 0 Å². The minimum absolute atomic E-state index is 0.0130. The second kappa shape index (κ2) is 5.66. The lowest BCUT2D eigenvalue weighted by Gasteiger charge is -2.14. The summed E-state index contributed by atoms with van der Waals surface area (Å²) in [6.45, 7) is 2.76. The van der Waals surface area contributed by atoms with Crippen molar-refractivity contribution in [3.63, 3.8) is 0 Å². The fraction of sp³-hybridized carbons (Fsp3) is 0.538. The Morgan fingerprint density at radius 2 is 2.24 bits per heavy atom. The average Bonchev–Trinajstić information content (AvgIpc) is 2.83. The summed E-state index contributed by atoms with van der Waals surface area (Å²) in [5.41, 5.74) is 0.640. The minimum atomic E-state index is -0.0130. The van der Waals surface area contributed by atoms with Crippen LogP contribution in [0.15, 0.2) is 18.3 Å². The summed E-state index contributed by atoms with van der Waals surface area (Å²) in [5.74, 6) is 0.659. The summed E-state index contributed by atoms with van der Waals surface area (Å²) in [5, 5.41) is 6.19. The first kappa shape index (κ1) is 11.9. The highest BCUT2D eigenvalue weighted by molar-refractivity contribution is 5.98. The molecule has 1 aromatic heterocycles. The van der Waals surface area contributed by atoms with E-state index in [0.717, 1.165) is 19.4 Å². The standard InChI is InChI=1S/C13H19N3O/c1-2-14-12-11(8-5-9-15-12)13(17)16-10-6-3-4-7-10/h5,8-10H,2-4,6-7H2,1H3,(H,14,15)(H,16,17). The molecule has 1 aliphatic rings. The first-order chi connectivity index (χ1) is 8.31.